The Morgan fingerprint density at radius 3 is 2.51 bits per heavy atom. The topological polar surface area (TPSA) is 91.5 Å². The van der Waals surface area contributed by atoms with E-state index in [0.29, 0.717) is 17.5 Å². The number of phenolic OH excluding ortho intramolecular Hbond substituents is 1. The minimum absolute atomic E-state index is 0.0246. The van der Waals surface area contributed by atoms with Gasteiger partial charge in [0.15, 0.2) is 11.5 Å². The van der Waals surface area contributed by atoms with E-state index in [9.17, 15) is 9.90 Å². The van der Waals surface area contributed by atoms with Gasteiger partial charge in [-0.25, -0.2) is 9.97 Å². The quantitative estimate of drug-likeness (QED) is 0.264. The maximum absolute atomic E-state index is 12.4. The van der Waals surface area contributed by atoms with Gasteiger partial charge in [-0.2, -0.15) is 0 Å². The first kappa shape index (κ1) is 23.0. The largest absolute Gasteiger partial charge is 0.508 e. The summed E-state index contributed by atoms with van der Waals surface area (Å²) in [4.78, 5) is 22.1. The van der Waals surface area contributed by atoms with Crippen LogP contribution in [0.1, 0.15) is 37.0 Å². The Bertz CT molecular complexity index is 1620. The Morgan fingerprint density at radius 2 is 1.76 bits per heavy atom. The van der Waals surface area contributed by atoms with Crippen molar-refractivity contribution in [3.05, 3.63) is 78.6 Å². The number of imidazole rings is 1. The lowest BCUT2D eigenvalue weighted by Gasteiger charge is -2.13. The van der Waals surface area contributed by atoms with E-state index in [0.717, 1.165) is 64.1 Å². The number of phenols is 1. The van der Waals surface area contributed by atoms with Crippen molar-refractivity contribution in [1.82, 2.24) is 19.7 Å². The van der Waals surface area contributed by atoms with E-state index in [1.165, 1.54) is 0 Å². The molecule has 0 radical (unpaired) electrons. The first-order valence-electron chi connectivity index (χ1n) is 12.7. The molecule has 186 valence electrons. The zero-order chi connectivity index (χ0) is 25.5. The van der Waals surface area contributed by atoms with Crippen molar-refractivity contribution in [3.63, 3.8) is 0 Å². The van der Waals surface area contributed by atoms with Crippen LogP contribution in [0.4, 0.5) is 5.82 Å². The van der Waals surface area contributed by atoms with E-state index in [1.54, 1.807) is 12.1 Å². The summed E-state index contributed by atoms with van der Waals surface area (Å²) in [6.07, 6.45) is 5.99. The molecule has 1 fully saturated rings. The number of aromatic hydroxyl groups is 1. The van der Waals surface area contributed by atoms with Crippen molar-refractivity contribution < 1.29 is 9.90 Å². The van der Waals surface area contributed by atoms with Gasteiger partial charge < -0.3 is 15.7 Å². The molecule has 1 saturated carbocycles. The third kappa shape index (κ3) is 4.72. The Balaban J connectivity index is 1.42. The third-order valence-corrected chi connectivity index (χ3v) is 6.65. The summed E-state index contributed by atoms with van der Waals surface area (Å²) in [6, 6.07) is 19.5. The number of hydrogen-bond acceptors (Lipinski definition) is 5. The molecule has 0 saturated heterocycles. The van der Waals surface area contributed by atoms with E-state index < -0.39 is 0 Å². The maximum Gasteiger partial charge on any atom is 0.251 e. The van der Waals surface area contributed by atoms with Crippen LogP contribution in [0.15, 0.2) is 73.1 Å². The van der Waals surface area contributed by atoms with Gasteiger partial charge in [0.2, 0.25) is 0 Å². The van der Waals surface area contributed by atoms with Crippen LogP contribution in [-0.4, -0.2) is 38.0 Å². The molecule has 37 heavy (non-hydrogen) atoms. The average molecular weight is 492 g/mol. The van der Waals surface area contributed by atoms with E-state index in [2.05, 4.69) is 34.9 Å². The molecule has 0 bridgehead atoms. The van der Waals surface area contributed by atoms with Crippen molar-refractivity contribution in [2.45, 2.75) is 32.7 Å². The molecule has 7 nitrogen and oxygen atoms in total. The first-order chi connectivity index (χ1) is 17.9. The molecule has 2 aromatic heterocycles. The number of anilines is 1. The zero-order valence-corrected chi connectivity index (χ0v) is 20.9. The molecule has 1 aliphatic carbocycles. The summed E-state index contributed by atoms with van der Waals surface area (Å²) in [5, 5.41) is 18.3. The number of amides is 1. The molecule has 7 heteroatoms. The average Bonchev–Trinajstić information content (AvgIpc) is 3.61. The van der Waals surface area contributed by atoms with Crippen LogP contribution < -0.4 is 10.6 Å². The van der Waals surface area contributed by atoms with Crippen LogP contribution in [0.5, 0.6) is 5.75 Å². The SMILES string of the molecule is CC(C)CNc1nc(-c2ccc3cc(O)ccc3c2)cn2c(-c3ccc(C(=O)NC4CC4)cc3)cnc12. The van der Waals surface area contributed by atoms with Crippen LogP contribution in [0.2, 0.25) is 0 Å². The van der Waals surface area contributed by atoms with E-state index in [-0.39, 0.29) is 11.7 Å². The van der Waals surface area contributed by atoms with Crippen LogP contribution in [-0.2, 0) is 0 Å². The lowest BCUT2D eigenvalue weighted by Crippen LogP contribution is -2.25. The smallest absolute Gasteiger partial charge is 0.251 e. The number of carbonyl (C=O) groups excluding carboxylic acids is 1. The molecule has 0 unspecified atom stereocenters. The minimum Gasteiger partial charge on any atom is -0.508 e. The molecular weight excluding hydrogens is 462 g/mol. The fourth-order valence-corrected chi connectivity index (χ4v) is 4.44. The number of nitrogens with zero attached hydrogens (tertiary/aromatic N) is 3. The summed E-state index contributed by atoms with van der Waals surface area (Å²) in [5.41, 5.74) is 5.09. The van der Waals surface area contributed by atoms with Crippen molar-refractivity contribution in [2.75, 3.05) is 11.9 Å². The fourth-order valence-electron chi connectivity index (χ4n) is 4.44. The Morgan fingerprint density at radius 1 is 1.03 bits per heavy atom. The van der Waals surface area contributed by atoms with Crippen molar-refractivity contribution in [3.8, 4) is 28.3 Å². The second kappa shape index (κ2) is 9.24. The fraction of sp³-hybridized carbons (Fsp3) is 0.233. The zero-order valence-electron chi connectivity index (χ0n) is 20.9. The van der Waals surface area contributed by atoms with E-state index in [4.69, 9.17) is 9.97 Å². The number of rotatable bonds is 7. The highest BCUT2D eigenvalue weighted by molar-refractivity contribution is 5.95. The Hall–Kier alpha value is -4.39. The monoisotopic (exact) mass is 491 g/mol. The number of hydrogen-bond donors (Lipinski definition) is 3. The third-order valence-electron chi connectivity index (χ3n) is 6.65. The highest BCUT2D eigenvalue weighted by Crippen LogP contribution is 2.30. The Kier molecular flexibility index (Phi) is 5.75. The van der Waals surface area contributed by atoms with Gasteiger partial charge in [-0.3, -0.25) is 9.20 Å². The second-order valence-corrected chi connectivity index (χ2v) is 10.2. The minimum atomic E-state index is -0.0246. The molecule has 1 aliphatic rings. The lowest BCUT2D eigenvalue weighted by molar-refractivity contribution is 0.0951. The van der Waals surface area contributed by atoms with Crippen LogP contribution in [0, 0.1) is 5.92 Å². The number of benzene rings is 3. The van der Waals surface area contributed by atoms with E-state index in [1.807, 2.05) is 54.9 Å². The highest BCUT2D eigenvalue weighted by atomic mass is 16.3. The maximum atomic E-state index is 12.4. The van der Waals surface area contributed by atoms with Crippen molar-refractivity contribution >= 4 is 28.1 Å². The van der Waals surface area contributed by atoms with Crippen LogP contribution in [0.3, 0.4) is 0 Å². The van der Waals surface area contributed by atoms with Gasteiger partial charge in [-0.1, -0.05) is 44.2 Å². The van der Waals surface area contributed by atoms with Gasteiger partial charge in [0.05, 0.1) is 17.6 Å². The van der Waals surface area contributed by atoms with Crippen LogP contribution in [0.25, 0.3) is 38.9 Å². The number of fused-ring (bicyclic) bond motifs is 2. The molecule has 3 aromatic carbocycles. The number of aromatic nitrogens is 3. The standard InChI is InChI=1S/C30H29N5O2/c1-18(2)15-31-28-29-32-16-27(19-3-5-20(6-4-19)30(37)33-24-10-11-24)35(29)17-26(34-28)23-8-7-22-14-25(36)12-9-21(22)13-23/h3-9,12-14,16-18,24,36H,10-11,15H2,1-2H3,(H,31,34)(H,33,37). The molecule has 5 aromatic rings. The summed E-state index contributed by atoms with van der Waals surface area (Å²) in [5.74, 6) is 1.40. The van der Waals surface area contributed by atoms with Gasteiger partial charge in [0, 0.05) is 35.5 Å². The van der Waals surface area contributed by atoms with Gasteiger partial charge in [-0.05, 0) is 59.9 Å². The Labute approximate surface area is 215 Å². The molecule has 1 amide bonds. The van der Waals surface area contributed by atoms with Gasteiger partial charge in [-0.15, -0.1) is 0 Å². The summed E-state index contributed by atoms with van der Waals surface area (Å²) in [7, 11) is 0. The normalized spacial score (nSPS) is 13.4. The molecule has 2 heterocycles. The van der Waals surface area contributed by atoms with Crippen molar-refractivity contribution in [1.29, 1.82) is 0 Å². The summed E-state index contributed by atoms with van der Waals surface area (Å²) in [6.45, 7) is 5.09. The predicted octanol–water partition coefficient (Wildman–Crippen LogP) is 5.88. The number of carbonyl (C=O) groups is 1. The molecule has 0 aliphatic heterocycles. The molecule has 0 atom stereocenters. The lowest BCUT2D eigenvalue weighted by atomic mass is 10.0. The summed E-state index contributed by atoms with van der Waals surface area (Å²) < 4.78 is 2.06. The molecular formula is C30H29N5O2. The molecule has 6 rings (SSSR count). The van der Waals surface area contributed by atoms with Gasteiger partial charge >= 0.3 is 0 Å². The molecule has 0 spiro atoms. The first-order valence-corrected chi connectivity index (χ1v) is 12.7. The van der Waals surface area contributed by atoms with Gasteiger partial charge in [0.25, 0.3) is 5.91 Å². The number of nitrogens with one attached hydrogen (secondary N) is 2. The van der Waals surface area contributed by atoms with Crippen molar-refractivity contribution in [2.24, 2.45) is 5.92 Å². The predicted molar refractivity (Wildman–Crippen MR) is 147 cm³/mol. The van der Waals surface area contributed by atoms with Gasteiger partial charge in [0.1, 0.15) is 5.75 Å². The van der Waals surface area contributed by atoms with Crippen LogP contribution >= 0.6 is 0 Å². The molecule has 3 N–H and O–H groups in total. The second-order valence-electron chi connectivity index (χ2n) is 10.2. The highest BCUT2D eigenvalue weighted by Gasteiger charge is 2.24. The summed E-state index contributed by atoms with van der Waals surface area (Å²) >= 11 is 0. The van der Waals surface area contributed by atoms with E-state index >= 15 is 0 Å².